The van der Waals surface area contributed by atoms with E-state index < -0.39 is 17.7 Å². The maximum atomic E-state index is 11.5. The van der Waals surface area contributed by atoms with Crippen molar-refractivity contribution in [3.05, 3.63) is 30.1 Å². The lowest BCUT2D eigenvalue weighted by molar-refractivity contribution is 0.0482. The molecule has 0 aliphatic rings. The molecule has 17 heavy (non-hydrogen) atoms. The van der Waals surface area contributed by atoms with Crippen LogP contribution in [0.1, 0.15) is 32.4 Å². The molecule has 94 valence electrons. The molecule has 0 aromatic carbocycles. The van der Waals surface area contributed by atoms with E-state index in [2.05, 4.69) is 10.3 Å². The van der Waals surface area contributed by atoms with Gasteiger partial charge >= 0.3 is 6.09 Å². The number of rotatable bonds is 3. The maximum absolute atomic E-state index is 11.5. The Morgan fingerprint density at radius 2 is 2.06 bits per heavy atom. The summed E-state index contributed by atoms with van der Waals surface area (Å²) in [6.07, 6.45) is 2.66. The number of aliphatic hydroxyl groups excluding tert-OH is 1. The van der Waals surface area contributed by atoms with E-state index in [-0.39, 0.29) is 6.61 Å². The minimum absolute atomic E-state index is 0.191. The Balaban J connectivity index is 2.62. The Morgan fingerprint density at radius 3 is 2.53 bits per heavy atom. The van der Waals surface area contributed by atoms with Gasteiger partial charge in [0.25, 0.3) is 0 Å². The summed E-state index contributed by atoms with van der Waals surface area (Å²) in [7, 11) is 0. The maximum Gasteiger partial charge on any atom is 0.408 e. The molecule has 1 rings (SSSR count). The van der Waals surface area contributed by atoms with Crippen molar-refractivity contribution in [2.75, 3.05) is 6.61 Å². The van der Waals surface area contributed by atoms with Gasteiger partial charge in [-0.15, -0.1) is 0 Å². The molecule has 2 N–H and O–H groups in total. The van der Waals surface area contributed by atoms with Gasteiger partial charge in [-0.05, 0) is 38.5 Å². The number of carbonyl (C=O) groups excluding carboxylic acids is 1. The Morgan fingerprint density at radius 1 is 1.47 bits per heavy atom. The summed E-state index contributed by atoms with van der Waals surface area (Å²) in [5.41, 5.74) is 0.232. The predicted molar refractivity (Wildman–Crippen MR) is 63.4 cm³/mol. The highest BCUT2D eigenvalue weighted by Crippen LogP contribution is 2.13. The molecule has 1 aromatic heterocycles. The molecule has 1 unspecified atom stereocenters. The molecule has 0 saturated heterocycles. The lowest BCUT2D eigenvalue weighted by Gasteiger charge is -2.22. The van der Waals surface area contributed by atoms with E-state index in [1.165, 1.54) is 0 Å². The third-order valence-electron chi connectivity index (χ3n) is 1.98. The van der Waals surface area contributed by atoms with E-state index in [0.717, 1.165) is 5.56 Å². The summed E-state index contributed by atoms with van der Waals surface area (Å²) in [5, 5.41) is 11.8. The average molecular weight is 238 g/mol. The molecule has 0 fully saturated rings. The summed E-state index contributed by atoms with van der Waals surface area (Å²) in [5.74, 6) is 0. The Labute approximate surface area is 101 Å². The second kappa shape index (κ2) is 5.63. The molecule has 0 bridgehead atoms. The number of nitrogens with zero attached hydrogens (tertiary/aromatic N) is 1. The number of ether oxygens (including phenoxy) is 1. The molecule has 1 atom stereocenters. The summed E-state index contributed by atoms with van der Waals surface area (Å²) in [6, 6.07) is 2.99. The van der Waals surface area contributed by atoms with Crippen LogP contribution in [0.3, 0.4) is 0 Å². The van der Waals surface area contributed by atoms with Gasteiger partial charge in [-0.1, -0.05) is 0 Å². The van der Waals surface area contributed by atoms with Gasteiger partial charge in [-0.2, -0.15) is 0 Å². The molecule has 5 heteroatoms. The van der Waals surface area contributed by atoms with Crippen molar-refractivity contribution in [3.63, 3.8) is 0 Å². The first-order valence-electron chi connectivity index (χ1n) is 5.42. The van der Waals surface area contributed by atoms with Crippen molar-refractivity contribution in [3.8, 4) is 0 Å². The van der Waals surface area contributed by atoms with Crippen LogP contribution < -0.4 is 5.32 Å². The lowest BCUT2D eigenvalue weighted by Crippen LogP contribution is -2.36. The van der Waals surface area contributed by atoms with Crippen LogP contribution in [0, 0.1) is 0 Å². The van der Waals surface area contributed by atoms with Crippen LogP contribution in [-0.4, -0.2) is 28.4 Å². The fraction of sp³-hybridized carbons (Fsp3) is 0.500. The quantitative estimate of drug-likeness (QED) is 0.839. The number of hydrogen-bond donors (Lipinski definition) is 2. The standard InChI is InChI=1S/C12H18N2O3/c1-12(2,3)17-11(16)14-10(8-15)9-4-6-13-7-5-9/h4-7,10,15H,8H2,1-3H3,(H,14,16). The van der Waals surface area contributed by atoms with E-state index in [1.807, 2.05) is 0 Å². The number of aromatic nitrogens is 1. The van der Waals surface area contributed by atoms with E-state index in [9.17, 15) is 9.90 Å². The summed E-state index contributed by atoms with van der Waals surface area (Å²) in [6.45, 7) is 5.16. The first kappa shape index (κ1) is 13.4. The molecule has 0 spiro atoms. The van der Waals surface area contributed by atoms with Crippen molar-refractivity contribution in [1.82, 2.24) is 10.3 Å². The zero-order valence-corrected chi connectivity index (χ0v) is 10.3. The Kier molecular flexibility index (Phi) is 4.45. The van der Waals surface area contributed by atoms with Crippen LogP contribution in [0.15, 0.2) is 24.5 Å². The van der Waals surface area contributed by atoms with Crippen LogP contribution in [0.5, 0.6) is 0 Å². The molecule has 0 saturated carbocycles. The molecule has 1 amide bonds. The van der Waals surface area contributed by atoms with Gasteiger partial charge in [-0.3, -0.25) is 4.98 Å². The fourth-order valence-electron chi connectivity index (χ4n) is 1.28. The van der Waals surface area contributed by atoms with Gasteiger partial charge in [-0.25, -0.2) is 4.79 Å². The van der Waals surface area contributed by atoms with Crippen LogP contribution in [0.4, 0.5) is 4.79 Å². The van der Waals surface area contributed by atoms with Crippen LogP contribution in [-0.2, 0) is 4.74 Å². The van der Waals surface area contributed by atoms with Crippen molar-refractivity contribution in [2.24, 2.45) is 0 Å². The fourth-order valence-corrected chi connectivity index (χ4v) is 1.28. The van der Waals surface area contributed by atoms with Gasteiger partial charge in [0.15, 0.2) is 0 Å². The monoisotopic (exact) mass is 238 g/mol. The molecule has 0 aliphatic carbocycles. The first-order valence-corrected chi connectivity index (χ1v) is 5.42. The Bertz CT molecular complexity index is 360. The predicted octanol–water partition coefficient (Wildman–Crippen LogP) is 1.64. The minimum Gasteiger partial charge on any atom is -0.444 e. The van der Waals surface area contributed by atoms with E-state index in [0.29, 0.717) is 0 Å². The van der Waals surface area contributed by atoms with E-state index in [4.69, 9.17) is 4.74 Å². The summed E-state index contributed by atoms with van der Waals surface area (Å²) < 4.78 is 5.11. The van der Waals surface area contributed by atoms with Crippen LogP contribution in [0.2, 0.25) is 0 Å². The molecular weight excluding hydrogens is 220 g/mol. The van der Waals surface area contributed by atoms with Crippen molar-refractivity contribution in [2.45, 2.75) is 32.4 Å². The largest absolute Gasteiger partial charge is 0.444 e. The Hall–Kier alpha value is -1.62. The van der Waals surface area contributed by atoms with Gasteiger partial charge in [0.2, 0.25) is 0 Å². The van der Waals surface area contributed by atoms with Crippen molar-refractivity contribution >= 4 is 6.09 Å². The number of nitrogens with one attached hydrogen (secondary N) is 1. The lowest BCUT2D eigenvalue weighted by atomic mass is 10.1. The first-order chi connectivity index (χ1) is 7.92. The zero-order chi connectivity index (χ0) is 12.9. The number of aliphatic hydroxyl groups is 1. The third kappa shape index (κ3) is 4.82. The molecule has 0 radical (unpaired) electrons. The number of alkyl carbamates (subject to hydrolysis) is 1. The molecule has 5 nitrogen and oxygen atoms in total. The zero-order valence-electron chi connectivity index (χ0n) is 10.3. The highest BCUT2D eigenvalue weighted by Gasteiger charge is 2.19. The second-order valence-corrected chi connectivity index (χ2v) is 4.66. The SMILES string of the molecule is CC(C)(C)OC(=O)NC(CO)c1ccncc1. The van der Waals surface area contributed by atoms with Crippen LogP contribution >= 0.6 is 0 Å². The summed E-state index contributed by atoms with van der Waals surface area (Å²) >= 11 is 0. The molecule has 1 aromatic rings. The number of carbonyl (C=O) groups is 1. The van der Waals surface area contributed by atoms with Crippen molar-refractivity contribution in [1.29, 1.82) is 0 Å². The molecular formula is C12H18N2O3. The number of pyridine rings is 1. The normalized spacial score (nSPS) is 12.9. The second-order valence-electron chi connectivity index (χ2n) is 4.66. The third-order valence-corrected chi connectivity index (χ3v) is 1.98. The number of hydrogen-bond acceptors (Lipinski definition) is 4. The number of amides is 1. The summed E-state index contributed by atoms with van der Waals surface area (Å²) in [4.78, 5) is 15.4. The van der Waals surface area contributed by atoms with E-state index in [1.54, 1.807) is 45.3 Å². The van der Waals surface area contributed by atoms with Gasteiger partial charge in [0, 0.05) is 12.4 Å². The molecule has 1 heterocycles. The topological polar surface area (TPSA) is 71.5 Å². The highest BCUT2D eigenvalue weighted by molar-refractivity contribution is 5.68. The highest BCUT2D eigenvalue weighted by atomic mass is 16.6. The molecule has 0 aliphatic heterocycles. The minimum atomic E-state index is -0.553. The van der Waals surface area contributed by atoms with E-state index >= 15 is 0 Å². The van der Waals surface area contributed by atoms with Gasteiger partial charge in [0.05, 0.1) is 12.6 Å². The van der Waals surface area contributed by atoms with Gasteiger partial charge < -0.3 is 15.2 Å². The van der Waals surface area contributed by atoms with Gasteiger partial charge in [0.1, 0.15) is 5.60 Å². The van der Waals surface area contributed by atoms with Crippen LogP contribution in [0.25, 0.3) is 0 Å². The smallest absolute Gasteiger partial charge is 0.408 e. The average Bonchev–Trinajstić information content (AvgIpc) is 2.24. The van der Waals surface area contributed by atoms with Crippen molar-refractivity contribution < 1.29 is 14.6 Å².